The average molecular weight is 279 g/mol. The molecule has 2 rings (SSSR count). The Labute approximate surface area is 114 Å². The molecule has 0 fully saturated rings. The summed E-state index contributed by atoms with van der Waals surface area (Å²) in [6.07, 6.45) is 6.13. The standard InChI is InChI=1S/C14H17NO3S/c1-5-14(2,3)15(4)19(16,17)12-6-7-13-11(10-12)8-9-18-13/h1,6-7,10H,8-9H2,2-4H3. The molecule has 0 atom stereocenters. The normalized spacial score (nSPS) is 14.9. The molecule has 0 radical (unpaired) electrons. The maximum Gasteiger partial charge on any atom is 0.244 e. The lowest BCUT2D eigenvalue weighted by molar-refractivity contribution is 0.340. The first-order valence-electron chi connectivity index (χ1n) is 6.01. The first-order chi connectivity index (χ1) is 8.79. The highest BCUT2D eigenvalue weighted by Crippen LogP contribution is 2.30. The fourth-order valence-electron chi connectivity index (χ4n) is 1.87. The van der Waals surface area contributed by atoms with Crippen molar-refractivity contribution in [1.29, 1.82) is 0 Å². The van der Waals surface area contributed by atoms with E-state index in [9.17, 15) is 8.42 Å². The summed E-state index contributed by atoms with van der Waals surface area (Å²) >= 11 is 0. The molecule has 0 unspecified atom stereocenters. The first kappa shape index (κ1) is 13.9. The minimum atomic E-state index is -3.60. The van der Waals surface area contributed by atoms with Crippen LogP contribution in [-0.2, 0) is 16.4 Å². The molecule has 0 N–H and O–H groups in total. The van der Waals surface area contributed by atoms with Crippen LogP contribution in [0.25, 0.3) is 0 Å². The quantitative estimate of drug-likeness (QED) is 0.790. The van der Waals surface area contributed by atoms with Gasteiger partial charge in [0.05, 0.1) is 17.0 Å². The van der Waals surface area contributed by atoms with Crippen molar-refractivity contribution >= 4 is 10.0 Å². The van der Waals surface area contributed by atoms with Crippen LogP contribution in [0.15, 0.2) is 23.1 Å². The van der Waals surface area contributed by atoms with Gasteiger partial charge in [-0.2, -0.15) is 4.31 Å². The van der Waals surface area contributed by atoms with Crippen LogP contribution in [0.2, 0.25) is 0 Å². The molecule has 0 spiro atoms. The number of rotatable bonds is 3. The van der Waals surface area contributed by atoms with E-state index < -0.39 is 15.6 Å². The van der Waals surface area contributed by atoms with Gasteiger partial charge < -0.3 is 4.74 Å². The Morgan fingerprint density at radius 2 is 2.11 bits per heavy atom. The van der Waals surface area contributed by atoms with Crippen molar-refractivity contribution in [3.8, 4) is 18.1 Å². The van der Waals surface area contributed by atoms with E-state index in [0.29, 0.717) is 6.61 Å². The summed E-state index contributed by atoms with van der Waals surface area (Å²) in [6.45, 7) is 3.99. The van der Waals surface area contributed by atoms with Gasteiger partial charge in [0.1, 0.15) is 5.75 Å². The molecule has 1 aliphatic rings. The van der Waals surface area contributed by atoms with Gasteiger partial charge in [-0.05, 0) is 37.6 Å². The van der Waals surface area contributed by atoms with Gasteiger partial charge in [0.25, 0.3) is 0 Å². The van der Waals surface area contributed by atoms with Crippen LogP contribution in [0.3, 0.4) is 0 Å². The maximum atomic E-state index is 12.5. The lowest BCUT2D eigenvalue weighted by Crippen LogP contribution is -2.43. The number of sulfonamides is 1. The molecule has 19 heavy (non-hydrogen) atoms. The molecule has 0 amide bonds. The second kappa shape index (κ2) is 4.55. The van der Waals surface area contributed by atoms with Crippen LogP contribution in [-0.4, -0.2) is 31.9 Å². The summed E-state index contributed by atoms with van der Waals surface area (Å²) in [7, 11) is -2.10. The summed E-state index contributed by atoms with van der Waals surface area (Å²) in [4.78, 5) is 0.252. The van der Waals surface area contributed by atoms with Crippen molar-refractivity contribution in [3.05, 3.63) is 23.8 Å². The van der Waals surface area contributed by atoms with Gasteiger partial charge in [0, 0.05) is 13.5 Å². The van der Waals surface area contributed by atoms with Crippen molar-refractivity contribution in [2.75, 3.05) is 13.7 Å². The number of benzene rings is 1. The molecular formula is C14H17NO3S. The van der Waals surface area contributed by atoms with E-state index in [0.717, 1.165) is 17.7 Å². The van der Waals surface area contributed by atoms with Crippen molar-refractivity contribution in [1.82, 2.24) is 4.31 Å². The van der Waals surface area contributed by atoms with Crippen LogP contribution < -0.4 is 4.74 Å². The van der Waals surface area contributed by atoms with Crippen molar-refractivity contribution in [3.63, 3.8) is 0 Å². The summed E-state index contributed by atoms with van der Waals surface area (Å²) in [5.41, 5.74) is 0.0573. The predicted molar refractivity (Wildman–Crippen MR) is 73.5 cm³/mol. The second-order valence-electron chi connectivity index (χ2n) is 5.04. The fourth-order valence-corrected chi connectivity index (χ4v) is 3.37. The van der Waals surface area contributed by atoms with Crippen LogP contribution in [0.1, 0.15) is 19.4 Å². The molecule has 4 nitrogen and oxygen atoms in total. The van der Waals surface area contributed by atoms with E-state index in [1.807, 2.05) is 0 Å². The highest BCUT2D eigenvalue weighted by molar-refractivity contribution is 7.89. The van der Waals surface area contributed by atoms with Gasteiger partial charge in [-0.1, -0.05) is 5.92 Å². The van der Waals surface area contributed by atoms with Gasteiger partial charge in [-0.3, -0.25) is 0 Å². The number of terminal acetylenes is 1. The third kappa shape index (κ3) is 2.34. The first-order valence-corrected chi connectivity index (χ1v) is 7.45. The third-order valence-corrected chi connectivity index (χ3v) is 5.49. The smallest absolute Gasteiger partial charge is 0.244 e. The Kier molecular flexibility index (Phi) is 3.33. The van der Waals surface area contributed by atoms with E-state index in [1.165, 1.54) is 11.4 Å². The fraction of sp³-hybridized carbons (Fsp3) is 0.429. The molecule has 0 aromatic heterocycles. The molecule has 1 aromatic carbocycles. The summed E-state index contributed by atoms with van der Waals surface area (Å²) in [5, 5.41) is 0. The monoisotopic (exact) mass is 279 g/mol. The van der Waals surface area contributed by atoms with Crippen molar-refractivity contribution in [2.45, 2.75) is 30.7 Å². The largest absolute Gasteiger partial charge is 0.493 e. The van der Waals surface area contributed by atoms with Crippen LogP contribution >= 0.6 is 0 Å². The number of hydrogen-bond acceptors (Lipinski definition) is 3. The minimum Gasteiger partial charge on any atom is -0.493 e. The topological polar surface area (TPSA) is 46.6 Å². The lowest BCUT2D eigenvalue weighted by Gasteiger charge is -2.29. The van der Waals surface area contributed by atoms with E-state index in [4.69, 9.17) is 11.2 Å². The third-order valence-electron chi connectivity index (χ3n) is 3.46. The number of ether oxygens (including phenoxy) is 1. The number of hydrogen-bond donors (Lipinski definition) is 0. The number of nitrogens with zero attached hydrogens (tertiary/aromatic N) is 1. The van der Waals surface area contributed by atoms with E-state index in [-0.39, 0.29) is 4.90 Å². The average Bonchev–Trinajstić information content (AvgIpc) is 2.84. The number of fused-ring (bicyclic) bond motifs is 1. The van der Waals surface area contributed by atoms with Gasteiger partial charge >= 0.3 is 0 Å². The summed E-state index contributed by atoms with van der Waals surface area (Å²) < 4.78 is 31.6. The SMILES string of the molecule is C#CC(C)(C)N(C)S(=O)(=O)c1ccc2c(c1)CCO2. The molecule has 5 heteroatoms. The Balaban J connectivity index is 2.44. The summed E-state index contributed by atoms with van der Waals surface area (Å²) in [6, 6.07) is 4.93. The zero-order valence-electron chi connectivity index (χ0n) is 11.3. The second-order valence-corrected chi connectivity index (χ2v) is 7.01. The molecule has 1 heterocycles. The summed E-state index contributed by atoms with van der Waals surface area (Å²) in [5.74, 6) is 3.25. The molecule has 0 saturated carbocycles. The van der Waals surface area contributed by atoms with E-state index in [2.05, 4.69) is 5.92 Å². The van der Waals surface area contributed by atoms with E-state index in [1.54, 1.807) is 32.0 Å². The minimum absolute atomic E-state index is 0.252. The zero-order valence-corrected chi connectivity index (χ0v) is 12.1. The Morgan fingerprint density at radius 3 is 2.74 bits per heavy atom. The Hall–Kier alpha value is -1.51. The molecule has 102 valence electrons. The van der Waals surface area contributed by atoms with Gasteiger partial charge in [0.15, 0.2) is 0 Å². The van der Waals surface area contributed by atoms with Crippen LogP contribution in [0, 0.1) is 12.3 Å². The molecule has 0 bridgehead atoms. The van der Waals surface area contributed by atoms with Gasteiger partial charge in [0.2, 0.25) is 10.0 Å². The van der Waals surface area contributed by atoms with Crippen molar-refractivity contribution in [2.24, 2.45) is 0 Å². The highest BCUT2D eigenvalue weighted by atomic mass is 32.2. The zero-order chi connectivity index (χ0) is 14.3. The molecule has 1 aliphatic heterocycles. The van der Waals surface area contributed by atoms with Crippen LogP contribution in [0.4, 0.5) is 0 Å². The molecule has 0 aliphatic carbocycles. The Bertz CT molecular complexity index is 641. The molecular weight excluding hydrogens is 262 g/mol. The van der Waals surface area contributed by atoms with Gasteiger partial charge in [-0.25, -0.2) is 8.42 Å². The van der Waals surface area contributed by atoms with Crippen molar-refractivity contribution < 1.29 is 13.2 Å². The molecule has 0 saturated heterocycles. The predicted octanol–water partition coefficient (Wildman–Crippen LogP) is 1.65. The highest BCUT2D eigenvalue weighted by Gasteiger charge is 2.33. The van der Waals surface area contributed by atoms with E-state index >= 15 is 0 Å². The van der Waals surface area contributed by atoms with Gasteiger partial charge in [-0.15, -0.1) is 6.42 Å². The Morgan fingerprint density at radius 1 is 1.42 bits per heavy atom. The molecule has 1 aromatic rings. The maximum absolute atomic E-state index is 12.5. The van der Waals surface area contributed by atoms with Crippen LogP contribution in [0.5, 0.6) is 5.75 Å². The lowest BCUT2D eigenvalue weighted by atomic mass is 10.1.